The number of hydrogen-bond acceptors (Lipinski definition) is 9. The van der Waals surface area contributed by atoms with Crippen LogP contribution in [0.4, 0.5) is 0 Å². The third-order valence-electron chi connectivity index (χ3n) is 7.05. The molecule has 1 aromatic carbocycles. The van der Waals surface area contributed by atoms with E-state index in [9.17, 15) is 15.3 Å². The molecule has 0 saturated carbocycles. The highest BCUT2D eigenvalue weighted by atomic mass is 16.7. The largest absolute Gasteiger partial charge is 0.390 e. The van der Waals surface area contributed by atoms with Crippen molar-refractivity contribution in [2.75, 3.05) is 59.5 Å². The molecule has 9 nitrogen and oxygen atoms in total. The van der Waals surface area contributed by atoms with Crippen molar-refractivity contribution >= 4 is 0 Å². The van der Waals surface area contributed by atoms with Gasteiger partial charge in [-0.2, -0.15) is 0 Å². The van der Waals surface area contributed by atoms with E-state index in [2.05, 4.69) is 0 Å². The van der Waals surface area contributed by atoms with E-state index < -0.39 is 37.2 Å². The molecule has 0 amide bonds. The standard InChI is InChI=1S/C27H42O9/c1-22(2)13-31-25(10-28,32-14-22)19-7-20(26(11-29)33-15-23(3,4)16-34-26)9-21(8-19)27(12-30)35-17-24(5,6)18-36-27/h7-9,28-30H,10-18H2,1-6H3. The SMILES string of the molecule is CC1(C)COC(CO)(c2cc(C3(CO)OCC(C)(C)CO3)cc(C3(CO)OCC(C)(C)CO3)c2)OC1. The zero-order valence-electron chi connectivity index (χ0n) is 22.4. The molecule has 0 aromatic heterocycles. The van der Waals surface area contributed by atoms with Gasteiger partial charge in [0, 0.05) is 32.9 Å². The number of hydrogen-bond donors (Lipinski definition) is 3. The quantitative estimate of drug-likeness (QED) is 0.530. The van der Waals surface area contributed by atoms with Gasteiger partial charge in [0.15, 0.2) is 0 Å². The summed E-state index contributed by atoms with van der Waals surface area (Å²) in [5.41, 5.74) is 0.800. The second kappa shape index (κ2) is 9.55. The van der Waals surface area contributed by atoms with Gasteiger partial charge in [-0.3, -0.25) is 0 Å². The van der Waals surface area contributed by atoms with Crippen molar-refractivity contribution in [1.29, 1.82) is 0 Å². The fourth-order valence-electron chi connectivity index (χ4n) is 4.46. The third kappa shape index (κ3) is 5.23. The molecule has 1 aromatic rings. The van der Waals surface area contributed by atoms with E-state index in [4.69, 9.17) is 28.4 Å². The van der Waals surface area contributed by atoms with Crippen LogP contribution < -0.4 is 0 Å². The molecule has 3 N–H and O–H groups in total. The van der Waals surface area contributed by atoms with Gasteiger partial charge in [0.2, 0.25) is 17.4 Å². The molecule has 0 spiro atoms. The van der Waals surface area contributed by atoms with Gasteiger partial charge < -0.3 is 43.7 Å². The lowest BCUT2D eigenvalue weighted by atomic mass is 9.88. The van der Waals surface area contributed by atoms with Crippen molar-refractivity contribution in [1.82, 2.24) is 0 Å². The smallest absolute Gasteiger partial charge is 0.218 e. The monoisotopic (exact) mass is 510 g/mol. The fraction of sp³-hybridized carbons (Fsp3) is 0.778. The maximum atomic E-state index is 10.5. The lowest BCUT2D eigenvalue weighted by Crippen LogP contribution is -2.51. The molecule has 0 unspecified atom stereocenters. The van der Waals surface area contributed by atoms with Gasteiger partial charge in [-0.1, -0.05) is 41.5 Å². The van der Waals surface area contributed by atoms with Gasteiger partial charge in [-0.25, -0.2) is 0 Å². The van der Waals surface area contributed by atoms with Gasteiger partial charge in [-0.15, -0.1) is 0 Å². The van der Waals surface area contributed by atoms with Gasteiger partial charge in [-0.05, 0) is 18.2 Å². The van der Waals surface area contributed by atoms with Crippen molar-refractivity contribution in [2.24, 2.45) is 16.2 Å². The first-order valence-electron chi connectivity index (χ1n) is 12.6. The Morgan fingerprint density at radius 3 is 0.833 bits per heavy atom. The van der Waals surface area contributed by atoms with E-state index in [1.54, 1.807) is 18.2 Å². The summed E-state index contributed by atoms with van der Waals surface area (Å²) in [4.78, 5) is 0. The van der Waals surface area contributed by atoms with E-state index in [1.165, 1.54) is 0 Å². The Bertz CT molecular complexity index is 778. The van der Waals surface area contributed by atoms with Crippen LogP contribution >= 0.6 is 0 Å². The van der Waals surface area contributed by atoms with Gasteiger partial charge in [0.25, 0.3) is 0 Å². The number of aliphatic hydroxyl groups is 3. The Morgan fingerprint density at radius 1 is 0.472 bits per heavy atom. The molecule has 3 fully saturated rings. The summed E-state index contributed by atoms with van der Waals surface area (Å²) in [5, 5.41) is 31.4. The third-order valence-corrected chi connectivity index (χ3v) is 7.05. The number of benzene rings is 1. The Hall–Kier alpha value is -1.14. The second-order valence-electron chi connectivity index (χ2n) is 12.8. The van der Waals surface area contributed by atoms with E-state index in [1.807, 2.05) is 41.5 Å². The number of rotatable bonds is 6. The van der Waals surface area contributed by atoms with Crippen LogP contribution in [0.3, 0.4) is 0 Å². The second-order valence-corrected chi connectivity index (χ2v) is 12.8. The fourth-order valence-corrected chi connectivity index (χ4v) is 4.46. The number of ether oxygens (including phenoxy) is 6. The van der Waals surface area contributed by atoms with Crippen molar-refractivity contribution in [2.45, 2.75) is 58.9 Å². The molecule has 0 atom stereocenters. The maximum Gasteiger partial charge on any atom is 0.218 e. The summed E-state index contributed by atoms with van der Waals surface area (Å²) < 4.78 is 36.8. The lowest BCUT2D eigenvalue weighted by molar-refractivity contribution is -0.327. The van der Waals surface area contributed by atoms with Crippen molar-refractivity contribution in [3.05, 3.63) is 34.9 Å². The highest BCUT2D eigenvalue weighted by Crippen LogP contribution is 2.44. The van der Waals surface area contributed by atoms with Crippen LogP contribution in [0.15, 0.2) is 18.2 Å². The van der Waals surface area contributed by atoms with Crippen LogP contribution in [0.1, 0.15) is 58.2 Å². The lowest BCUT2D eigenvalue weighted by Gasteiger charge is -2.46. The molecular formula is C27H42O9. The average Bonchev–Trinajstić information content (AvgIpc) is 2.85. The minimum atomic E-state index is -1.45. The maximum absolute atomic E-state index is 10.5. The first-order valence-corrected chi connectivity index (χ1v) is 12.6. The predicted octanol–water partition coefficient (Wildman–Crippen LogP) is 2.34. The summed E-state index contributed by atoms with van der Waals surface area (Å²) in [6.07, 6.45) is 0. The molecule has 0 bridgehead atoms. The summed E-state index contributed by atoms with van der Waals surface area (Å²) >= 11 is 0. The highest BCUT2D eigenvalue weighted by Gasteiger charge is 2.49. The highest BCUT2D eigenvalue weighted by molar-refractivity contribution is 5.38. The summed E-state index contributed by atoms with van der Waals surface area (Å²) in [7, 11) is 0. The van der Waals surface area contributed by atoms with E-state index in [0.29, 0.717) is 56.3 Å². The molecule has 3 saturated heterocycles. The Kier molecular flexibility index (Phi) is 7.40. The normalized spacial score (nSPS) is 27.9. The van der Waals surface area contributed by atoms with Crippen molar-refractivity contribution in [3.8, 4) is 0 Å². The summed E-state index contributed by atoms with van der Waals surface area (Å²) in [6, 6.07) is 5.26. The molecular weight excluding hydrogens is 468 g/mol. The van der Waals surface area contributed by atoms with Gasteiger partial charge in [0.1, 0.15) is 19.8 Å². The first-order chi connectivity index (χ1) is 16.7. The van der Waals surface area contributed by atoms with Crippen LogP contribution in [0.5, 0.6) is 0 Å². The zero-order chi connectivity index (χ0) is 26.5. The first kappa shape index (κ1) is 27.9. The number of aliphatic hydroxyl groups excluding tert-OH is 3. The molecule has 204 valence electrons. The van der Waals surface area contributed by atoms with Crippen LogP contribution in [0.2, 0.25) is 0 Å². The van der Waals surface area contributed by atoms with Gasteiger partial charge >= 0.3 is 0 Å². The van der Waals surface area contributed by atoms with Crippen molar-refractivity contribution < 1.29 is 43.7 Å². The minimum absolute atomic E-state index is 0.222. The Morgan fingerprint density at radius 2 is 0.667 bits per heavy atom. The summed E-state index contributed by atoms with van der Waals surface area (Å²) in [5.74, 6) is -4.35. The molecule has 0 radical (unpaired) electrons. The van der Waals surface area contributed by atoms with Crippen LogP contribution in [0, 0.1) is 16.2 Å². The molecule has 3 aliphatic rings. The van der Waals surface area contributed by atoms with Crippen LogP contribution in [0.25, 0.3) is 0 Å². The van der Waals surface area contributed by atoms with E-state index >= 15 is 0 Å². The zero-order valence-corrected chi connectivity index (χ0v) is 22.4. The van der Waals surface area contributed by atoms with Crippen LogP contribution in [-0.4, -0.2) is 74.8 Å². The van der Waals surface area contributed by atoms with Crippen molar-refractivity contribution in [3.63, 3.8) is 0 Å². The Labute approximate surface area is 213 Å². The predicted molar refractivity (Wildman–Crippen MR) is 130 cm³/mol. The van der Waals surface area contributed by atoms with Crippen LogP contribution in [-0.2, 0) is 45.8 Å². The molecule has 4 rings (SSSR count). The molecule has 3 heterocycles. The average molecular weight is 511 g/mol. The topological polar surface area (TPSA) is 116 Å². The molecule has 3 aliphatic heterocycles. The molecule has 0 aliphatic carbocycles. The summed E-state index contributed by atoms with van der Waals surface area (Å²) in [6.45, 7) is 13.0. The molecule has 36 heavy (non-hydrogen) atoms. The van der Waals surface area contributed by atoms with E-state index in [-0.39, 0.29) is 16.2 Å². The molecule has 9 heteroatoms. The van der Waals surface area contributed by atoms with E-state index in [0.717, 1.165) is 0 Å². The Balaban J connectivity index is 1.83. The van der Waals surface area contributed by atoms with Gasteiger partial charge in [0.05, 0.1) is 39.6 Å². The minimum Gasteiger partial charge on any atom is -0.390 e.